The van der Waals surface area contributed by atoms with E-state index in [-0.39, 0.29) is 18.4 Å². The Kier molecular flexibility index (Phi) is 5.44. The summed E-state index contributed by atoms with van der Waals surface area (Å²) >= 11 is 0. The summed E-state index contributed by atoms with van der Waals surface area (Å²) in [5, 5.41) is 0. The minimum atomic E-state index is -0.245. The topological polar surface area (TPSA) is 70.8 Å². The van der Waals surface area contributed by atoms with E-state index in [2.05, 4.69) is 0 Å². The van der Waals surface area contributed by atoms with E-state index in [1.165, 1.54) is 11.1 Å². The molecule has 21 heavy (non-hydrogen) atoms. The van der Waals surface area contributed by atoms with E-state index in [9.17, 15) is 4.79 Å². The normalized spacial score (nSPS) is 16.4. The lowest BCUT2D eigenvalue weighted by Gasteiger charge is -2.13. The maximum absolute atomic E-state index is 11.3. The van der Waals surface area contributed by atoms with Crippen LogP contribution >= 0.6 is 0 Å². The van der Waals surface area contributed by atoms with Crippen LogP contribution in [-0.2, 0) is 22.4 Å². The summed E-state index contributed by atoms with van der Waals surface area (Å²) in [7, 11) is 0. The zero-order valence-corrected chi connectivity index (χ0v) is 12.7. The Morgan fingerprint density at radius 1 is 1.24 bits per heavy atom. The molecule has 1 aromatic carbocycles. The van der Waals surface area contributed by atoms with E-state index in [0.717, 1.165) is 24.3 Å². The van der Waals surface area contributed by atoms with Gasteiger partial charge in [-0.05, 0) is 43.9 Å². The third-order valence-electron chi connectivity index (χ3n) is 3.40. The standard InChI is InChI=1S/C16H23NO4/c1-3-19-15-10-13(21-6-5-16(18)20-4-2)8-11-7-12(17)9-14(11)15/h8,10,12H,3-7,9,17H2,1-2H3. The van der Waals surface area contributed by atoms with Gasteiger partial charge in [0.2, 0.25) is 0 Å². The molecule has 2 rings (SSSR count). The Hall–Kier alpha value is -1.75. The number of carbonyl (C=O) groups is 1. The number of nitrogens with two attached hydrogens (primary N) is 1. The van der Waals surface area contributed by atoms with Crippen LogP contribution in [-0.4, -0.2) is 31.8 Å². The summed E-state index contributed by atoms with van der Waals surface area (Å²) in [6.45, 7) is 5.04. The molecule has 116 valence electrons. The lowest BCUT2D eigenvalue weighted by atomic mass is 10.1. The van der Waals surface area contributed by atoms with Crippen LogP contribution in [0, 0.1) is 0 Å². The highest BCUT2D eigenvalue weighted by Gasteiger charge is 2.23. The molecule has 1 atom stereocenters. The summed E-state index contributed by atoms with van der Waals surface area (Å²) < 4.78 is 16.2. The van der Waals surface area contributed by atoms with E-state index >= 15 is 0 Å². The van der Waals surface area contributed by atoms with Crippen molar-refractivity contribution in [2.24, 2.45) is 5.73 Å². The lowest BCUT2D eigenvalue weighted by molar-refractivity contribution is -0.143. The molecule has 0 aliphatic heterocycles. The number of benzene rings is 1. The first-order valence-electron chi connectivity index (χ1n) is 7.46. The zero-order valence-electron chi connectivity index (χ0n) is 12.7. The largest absolute Gasteiger partial charge is 0.493 e. The molecule has 0 aromatic heterocycles. The average Bonchev–Trinajstić information content (AvgIpc) is 2.80. The second kappa shape index (κ2) is 7.31. The molecule has 0 saturated carbocycles. The van der Waals surface area contributed by atoms with Gasteiger partial charge in [0.05, 0.1) is 26.2 Å². The van der Waals surface area contributed by atoms with Gasteiger partial charge in [0.15, 0.2) is 0 Å². The van der Waals surface area contributed by atoms with Crippen LogP contribution in [0.4, 0.5) is 0 Å². The van der Waals surface area contributed by atoms with Crippen LogP contribution < -0.4 is 15.2 Å². The molecule has 0 heterocycles. The molecule has 2 N–H and O–H groups in total. The van der Waals surface area contributed by atoms with Gasteiger partial charge in [0.25, 0.3) is 0 Å². The molecule has 0 radical (unpaired) electrons. The zero-order chi connectivity index (χ0) is 15.2. The average molecular weight is 293 g/mol. The molecule has 0 saturated heterocycles. The first-order chi connectivity index (χ1) is 10.1. The Morgan fingerprint density at radius 3 is 2.76 bits per heavy atom. The van der Waals surface area contributed by atoms with Crippen molar-refractivity contribution in [2.75, 3.05) is 19.8 Å². The molecule has 0 fully saturated rings. The van der Waals surface area contributed by atoms with E-state index in [4.69, 9.17) is 19.9 Å². The fourth-order valence-corrected chi connectivity index (χ4v) is 2.56. The molecule has 1 unspecified atom stereocenters. The van der Waals surface area contributed by atoms with Gasteiger partial charge >= 0.3 is 5.97 Å². The molecule has 0 bridgehead atoms. The second-order valence-electron chi connectivity index (χ2n) is 5.06. The molecular weight excluding hydrogens is 270 g/mol. The summed E-state index contributed by atoms with van der Waals surface area (Å²) in [5.41, 5.74) is 8.38. The predicted octanol–water partition coefficient (Wildman–Crippen LogP) is 1.84. The Labute approximate surface area is 125 Å². The van der Waals surface area contributed by atoms with Crippen molar-refractivity contribution in [3.8, 4) is 11.5 Å². The molecular formula is C16H23NO4. The first-order valence-corrected chi connectivity index (χ1v) is 7.46. The highest BCUT2D eigenvalue weighted by molar-refractivity contribution is 5.69. The van der Waals surface area contributed by atoms with E-state index in [1.54, 1.807) is 6.92 Å². The van der Waals surface area contributed by atoms with Crippen molar-refractivity contribution in [3.05, 3.63) is 23.3 Å². The third-order valence-corrected chi connectivity index (χ3v) is 3.40. The number of esters is 1. The van der Waals surface area contributed by atoms with Gasteiger partial charge in [-0.15, -0.1) is 0 Å². The highest BCUT2D eigenvalue weighted by atomic mass is 16.5. The van der Waals surface area contributed by atoms with E-state index < -0.39 is 0 Å². The van der Waals surface area contributed by atoms with Crippen LogP contribution in [0.3, 0.4) is 0 Å². The molecule has 0 amide bonds. The van der Waals surface area contributed by atoms with Gasteiger partial charge in [-0.3, -0.25) is 4.79 Å². The maximum Gasteiger partial charge on any atom is 0.309 e. The van der Waals surface area contributed by atoms with E-state index in [0.29, 0.717) is 19.8 Å². The van der Waals surface area contributed by atoms with Crippen molar-refractivity contribution in [2.45, 2.75) is 39.2 Å². The number of rotatable bonds is 7. The van der Waals surface area contributed by atoms with Crippen LogP contribution in [0.25, 0.3) is 0 Å². The van der Waals surface area contributed by atoms with E-state index in [1.807, 2.05) is 19.1 Å². The van der Waals surface area contributed by atoms with Gasteiger partial charge in [-0.1, -0.05) is 0 Å². The maximum atomic E-state index is 11.3. The third kappa shape index (κ3) is 4.11. The molecule has 1 aromatic rings. The highest BCUT2D eigenvalue weighted by Crippen LogP contribution is 2.34. The molecule has 5 nitrogen and oxygen atoms in total. The molecule has 0 spiro atoms. The van der Waals surface area contributed by atoms with Gasteiger partial charge in [-0.25, -0.2) is 0 Å². The summed E-state index contributed by atoms with van der Waals surface area (Å²) in [6, 6.07) is 4.02. The van der Waals surface area contributed by atoms with Crippen molar-refractivity contribution in [1.82, 2.24) is 0 Å². The quantitative estimate of drug-likeness (QED) is 0.777. The lowest BCUT2D eigenvalue weighted by Crippen LogP contribution is -2.19. The SMILES string of the molecule is CCOC(=O)CCOc1cc2c(c(OCC)c1)CC(N)C2. The summed E-state index contributed by atoms with van der Waals surface area (Å²) in [5.74, 6) is 1.32. The van der Waals surface area contributed by atoms with Gasteiger partial charge in [0.1, 0.15) is 11.5 Å². The summed E-state index contributed by atoms with van der Waals surface area (Å²) in [6.07, 6.45) is 1.92. The van der Waals surface area contributed by atoms with Gasteiger partial charge < -0.3 is 19.9 Å². The minimum absolute atomic E-state index is 0.147. The van der Waals surface area contributed by atoms with Crippen LogP contribution in [0.1, 0.15) is 31.4 Å². The number of ether oxygens (including phenoxy) is 3. The number of hydrogen-bond acceptors (Lipinski definition) is 5. The second-order valence-corrected chi connectivity index (χ2v) is 5.06. The molecule has 1 aliphatic rings. The smallest absolute Gasteiger partial charge is 0.309 e. The van der Waals surface area contributed by atoms with Crippen LogP contribution in [0.2, 0.25) is 0 Å². The number of hydrogen-bond donors (Lipinski definition) is 1. The summed E-state index contributed by atoms with van der Waals surface area (Å²) in [4.78, 5) is 11.3. The van der Waals surface area contributed by atoms with Crippen LogP contribution in [0.5, 0.6) is 11.5 Å². The Morgan fingerprint density at radius 2 is 2.05 bits per heavy atom. The molecule has 5 heteroatoms. The predicted molar refractivity (Wildman–Crippen MR) is 79.7 cm³/mol. The fraction of sp³-hybridized carbons (Fsp3) is 0.562. The van der Waals surface area contributed by atoms with Crippen molar-refractivity contribution < 1.29 is 19.0 Å². The van der Waals surface area contributed by atoms with Crippen molar-refractivity contribution in [1.29, 1.82) is 0 Å². The van der Waals surface area contributed by atoms with Gasteiger partial charge in [0, 0.05) is 12.1 Å². The number of fused-ring (bicyclic) bond motifs is 1. The molecule has 1 aliphatic carbocycles. The number of carbonyl (C=O) groups excluding carboxylic acids is 1. The fourth-order valence-electron chi connectivity index (χ4n) is 2.56. The monoisotopic (exact) mass is 293 g/mol. The Balaban J connectivity index is 2.02. The minimum Gasteiger partial charge on any atom is -0.493 e. The Bertz CT molecular complexity index is 501. The van der Waals surface area contributed by atoms with Crippen LogP contribution in [0.15, 0.2) is 12.1 Å². The van der Waals surface area contributed by atoms with Crippen molar-refractivity contribution >= 4 is 5.97 Å². The van der Waals surface area contributed by atoms with Crippen molar-refractivity contribution in [3.63, 3.8) is 0 Å². The first kappa shape index (κ1) is 15.6. The van der Waals surface area contributed by atoms with Gasteiger partial charge in [-0.2, -0.15) is 0 Å².